The van der Waals surface area contributed by atoms with Gasteiger partial charge in [0.2, 0.25) is 11.8 Å². The molecule has 1 aliphatic heterocycles. The summed E-state index contributed by atoms with van der Waals surface area (Å²) in [5, 5.41) is 10.2. The normalized spacial score (nSPS) is 14.1. The Kier molecular flexibility index (Phi) is 5.16. The lowest BCUT2D eigenvalue weighted by atomic mass is 9.84. The molecule has 3 aromatic heterocycles. The van der Waals surface area contributed by atoms with Crippen molar-refractivity contribution < 1.29 is 9.47 Å². The van der Waals surface area contributed by atoms with Gasteiger partial charge in [-0.05, 0) is 61.0 Å². The van der Waals surface area contributed by atoms with Crippen LogP contribution in [0.3, 0.4) is 0 Å². The molecule has 0 N–H and O–H groups in total. The molecule has 1 atom stereocenters. The summed E-state index contributed by atoms with van der Waals surface area (Å²) in [7, 11) is 1.66. The fraction of sp³-hybridized carbons (Fsp3) is 0.103. The molecule has 8 nitrogen and oxygen atoms in total. The Morgan fingerprint density at radius 3 is 2.39 bits per heavy atom. The van der Waals surface area contributed by atoms with E-state index in [0.29, 0.717) is 28.3 Å². The van der Waals surface area contributed by atoms with Crippen LogP contribution in [0.5, 0.6) is 17.5 Å². The number of aromatic nitrogens is 6. The monoisotopic (exact) mass is 520 g/mol. The van der Waals surface area contributed by atoms with Crippen molar-refractivity contribution in [2.45, 2.75) is 12.8 Å². The van der Waals surface area contributed by atoms with Crippen molar-refractivity contribution in [3.8, 4) is 34.6 Å². The lowest BCUT2D eigenvalue weighted by Gasteiger charge is -2.26. The van der Waals surface area contributed by atoms with Crippen LogP contribution >= 0.6 is 11.6 Å². The van der Waals surface area contributed by atoms with E-state index in [1.807, 2.05) is 78.3 Å². The van der Waals surface area contributed by atoms with Gasteiger partial charge in [-0.2, -0.15) is 5.10 Å². The van der Waals surface area contributed by atoms with E-state index >= 15 is 0 Å². The number of benzene rings is 3. The third-order valence-electron chi connectivity index (χ3n) is 6.77. The zero-order chi connectivity index (χ0) is 25.8. The van der Waals surface area contributed by atoms with Crippen LogP contribution in [0.15, 0.2) is 85.2 Å². The van der Waals surface area contributed by atoms with Crippen molar-refractivity contribution in [1.29, 1.82) is 0 Å². The molecule has 0 fully saturated rings. The minimum atomic E-state index is -0.240. The van der Waals surface area contributed by atoms with Crippen LogP contribution in [0, 0.1) is 6.92 Å². The number of aryl methyl sites for hydroxylation is 1. The van der Waals surface area contributed by atoms with Crippen molar-refractivity contribution in [1.82, 2.24) is 29.4 Å². The smallest absolute Gasteiger partial charge is 0.230 e. The molecule has 0 radical (unpaired) electrons. The quantitative estimate of drug-likeness (QED) is 0.273. The van der Waals surface area contributed by atoms with Crippen LogP contribution in [0.1, 0.15) is 28.3 Å². The highest BCUT2D eigenvalue weighted by atomic mass is 35.5. The maximum atomic E-state index is 6.49. The Bertz CT molecular complexity index is 1790. The number of methoxy groups -OCH3 is 1. The number of halogens is 1. The summed E-state index contributed by atoms with van der Waals surface area (Å²) in [6.07, 6.45) is 1.63. The second-order valence-corrected chi connectivity index (χ2v) is 9.47. The second-order valence-electron chi connectivity index (χ2n) is 9.03. The first-order chi connectivity index (χ1) is 18.6. The molecule has 0 bridgehead atoms. The van der Waals surface area contributed by atoms with E-state index in [-0.39, 0.29) is 5.92 Å². The van der Waals surface area contributed by atoms with E-state index in [4.69, 9.17) is 36.3 Å². The molecule has 7 rings (SSSR count). The zero-order valence-corrected chi connectivity index (χ0v) is 21.3. The minimum absolute atomic E-state index is 0.240. The van der Waals surface area contributed by atoms with E-state index in [0.717, 1.165) is 39.4 Å². The first-order valence-electron chi connectivity index (χ1n) is 12.1. The first kappa shape index (κ1) is 22.5. The van der Waals surface area contributed by atoms with Gasteiger partial charge in [-0.1, -0.05) is 41.9 Å². The van der Waals surface area contributed by atoms with Crippen molar-refractivity contribution in [2.75, 3.05) is 7.11 Å². The number of nitrogens with zero attached hydrogens (tertiary/aromatic N) is 6. The van der Waals surface area contributed by atoms with Gasteiger partial charge in [0.25, 0.3) is 0 Å². The van der Waals surface area contributed by atoms with Gasteiger partial charge in [0.1, 0.15) is 12.1 Å². The molecule has 4 heterocycles. The second kappa shape index (κ2) is 8.71. The summed E-state index contributed by atoms with van der Waals surface area (Å²) in [5.74, 6) is 2.22. The first-order valence-corrected chi connectivity index (χ1v) is 12.5. The summed E-state index contributed by atoms with van der Waals surface area (Å²) >= 11 is 6.10. The minimum Gasteiger partial charge on any atom is -0.497 e. The summed E-state index contributed by atoms with van der Waals surface area (Å²) < 4.78 is 15.4. The Labute approximate surface area is 223 Å². The van der Waals surface area contributed by atoms with Gasteiger partial charge in [-0.15, -0.1) is 5.10 Å². The predicted molar refractivity (Wildman–Crippen MR) is 144 cm³/mol. The van der Waals surface area contributed by atoms with Crippen molar-refractivity contribution in [2.24, 2.45) is 0 Å². The molecule has 0 aliphatic carbocycles. The van der Waals surface area contributed by atoms with Crippen LogP contribution in [0.25, 0.3) is 22.7 Å². The van der Waals surface area contributed by atoms with E-state index in [2.05, 4.69) is 17.1 Å². The molecule has 1 unspecified atom stereocenters. The number of fused-ring (bicyclic) bond motifs is 4. The predicted octanol–water partition coefficient (Wildman–Crippen LogP) is 6.23. The van der Waals surface area contributed by atoms with E-state index in [1.54, 1.807) is 18.0 Å². The average Bonchev–Trinajstić information content (AvgIpc) is 3.54. The van der Waals surface area contributed by atoms with Crippen molar-refractivity contribution >= 4 is 17.2 Å². The molecule has 0 saturated heterocycles. The fourth-order valence-electron chi connectivity index (χ4n) is 4.97. The molecule has 1 aliphatic rings. The van der Waals surface area contributed by atoms with E-state index in [9.17, 15) is 0 Å². The number of hydrogen-bond donors (Lipinski definition) is 0. The maximum Gasteiger partial charge on any atom is 0.230 e. The number of ether oxygens (including phenoxy) is 2. The number of hydrogen-bond acceptors (Lipinski definition) is 6. The molecule has 0 spiro atoms. The third-order valence-corrected chi connectivity index (χ3v) is 7.02. The molecule has 0 saturated carbocycles. The van der Waals surface area contributed by atoms with Gasteiger partial charge in [-0.3, -0.25) is 0 Å². The Balaban J connectivity index is 1.47. The fourth-order valence-corrected chi connectivity index (χ4v) is 5.10. The van der Waals surface area contributed by atoms with Crippen LogP contribution in [0.2, 0.25) is 5.02 Å². The molecular weight excluding hydrogens is 500 g/mol. The molecule has 186 valence electrons. The Morgan fingerprint density at radius 2 is 1.66 bits per heavy atom. The summed E-state index contributed by atoms with van der Waals surface area (Å²) in [4.78, 5) is 9.61. The van der Waals surface area contributed by atoms with Crippen molar-refractivity contribution in [3.63, 3.8) is 0 Å². The highest BCUT2D eigenvalue weighted by Gasteiger charge is 2.38. The lowest BCUT2D eigenvalue weighted by Crippen LogP contribution is -2.16. The lowest BCUT2D eigenvalue weighted by molar-refractivity contribution is 0.402. The van der Waals surface area contributed by atoms with Gasteiger partial charge in [-0.25, -0.2) is 19.2 Å². The molecule has 3 aromatic carbocycles. The third kappa shape index (κ3) is 3.53. The topological polar surface area (TPSA) is 79.4 Å². The van der Waals surface area contributed by atoms with E-state index in [1.165, 1.54) is 0 Å². The van der Waals surface area contributed by atoms with Crippen LogP contribution in [-0.2, 0) is 0 Å². The van der Waals surface area contributed by atoms with Crippen LogP contribution in [0.4, 0.5) is 0 Å². The van der Waals surface area contributed by atoms with Gasteiger partial charge < -0.3 is 9.47 Å². The highest BCUT2D eigenvalue weighted by Crippen LogP contribution is 2.49. The molecule has 6 aromatic rings. The summed E-state index contributed by atoms with van der Waals surface area (Å²) in [6, 6.07) is 25.4. The zero-order valence-electron chi connectivity index (χ0n) is 20.5. The maximum absolute atomic E-state index is 6.49. The Hall–Kier alpha value is -4.69. The van der Waals surface area contributed by atoms with Gasteiger partial charge >= 0.3 is 0 Å². The Morgan fingerprint density at radius 1 is 0.895 bits per heavy atom. The largest absolute Gasteiger partial charge is 0.497 e. The van der Waals surface area contributed by atoms with Crippen LogP contribution < -0.4 is 9.47 Å². The summed E-state index contributed by atoms with van der Waals surface area (Å²) in [5.41, 5.74) is 6.11. The SMILES string of the molecule is COc1ccc(C2c3c(C)nn(-c4ccccc4)c3Oc3ncn4nc(-c5ccc(Cl)cc5)nc4c32)cc1. The van der Waals surface area contributed by atoms with Gasteiger partial charge in [0, 0.05) is 10.6 Å². The van der Waals surface area contributed by atoms with Gasteiger partial charge in [0.15, 0.2) is 11.5 Å². The highest BCUT2D eigenvalue weighted by molar-refractivity contribution is 6.30. The van der Waals surface area contributed by atoms with Crippen LogP contribution in [-0.4, -0.2) is 36.5 Å². The van der Waals surface area contributed by atoms with Crippen molar-refractivity contribution in [3.05, 3.63) is 113 Å². The number of para-hydroxylation sites is 1. The standard InChI is InChI=1S/C29H21ClN6O2/c1-17-23-24(18-10-14-22(37-2)15-11-18)25-27-32-26(19-8-12-20(30)13-9-19)34-35(27)16-31-28(25)38-29(23)36(33-17)21-6-4-3-5-7-21/h3-16,24H,1-2H3. The molecule has 0 amide bonds. The molecule has 38 heavy (non-hydrogen) atoms. The van der Waals surface area contributed by atoms with E-state index < -0.39 is 0 Å². The molecular formula is C29H21ClN6O2. The average molecular weight is 521 g/mol. The summed E-state index contributed by atoms with van der Waals surface area (Å²) in [6.45, 7) is 2.00. The molecule has 9 heteroatoms. The van der Waals surface area contributed by atoms with Gasteiger partial charge in [0.05, 0.1) is 35.5 Å². The number of rotatable bonds is 4.